The van der Waals surface area contributed by atoms with Crippen molar-refractivity contribution in [2.24, 2.45) is 5.73 Å². The van der Waals surface area contributed by atoms with Crippen molar-refractivity contribution in [3.8, 4) is 0 Å². The van der Waals surface area contributed by atoms with Crippen LogP contribution >= 0.6 is 0 Å². The quantitative estimate of drug-likeness (QED) is 0.116. The Morgan fingerprint density at radius 1 is 0.500 bits per heavy atom. The van der Waals surface area contributed by atoms with E-state index in [0.29, 0.717) is 12.8 Å². The fourth-order valence-electron chi connectivity index (χ4n) is 4.62. The molecule has 4 nitrogen and oxygen atoms in total. The molecule has 0 aliphatic heterocycles. The number of aliphatic hydroxyl groups is 1. The first-order valence-corrected chi connectivity index (χ1v) is 15.0. The second-order valence-corrected chi connectivity index (χ2v) is 10.5. The lowest BCUT2D eigenvalue weighted by Crippen LogP contribution is -2.46. The second kappa shape index (κ2) is 25.4. The van der Waals surface area contributed by atoms with Gasteiger partial charge in [0.05, 0.1) is 6.04 Å². The van der Waals surface area contributed by atoms with Gasteiger partial charge in [0.1, 0.15) is 6.10 Å². The fourth-order valence-corrected chi connectivity index (χ4v) is 4.62. The number of hydrogen-bond acceptors (Lipinski definition) is 4. The minimum absolute atomic E-state index is 0.171. The molecule has 4 heteroatoms. The summed E-state index contributed by atoms with van der Waals surface area (Å²) in [6.45, 7) is 4.49. The van der Waals surface area contributed by atoms with E-state index in [-0.39, 0.29) is 11.6 Å². The Balaban J connectivity index is 3.63. The molecule has 2 unspecified atom stereocenters. The molecule has 0 radical (unpaired) electrons. The van der Waals surface area contributed by atoms with Gasteiger partial charge in [0, 0.05) is 12.8 Å². The lowest BCUT2D eigenvalue weighted by atomic mass is 9.96. The van der Waals surface area contributed by atoms with Crippen LogP contribution in [0.5, 0.6) is 0 Å². The third kappa shape index (κ3) is 20.6. The molecular formula is C30H59NO3. The van der Waals surface area contributed by atoms with E-state index in [1.807, 2.05) is 0 Å². The van der Waals surface area contributed by atoms with Crippen molar-refractivity contribution in [1.29, 1.82) is 0 Å². The number of nitrogens with two attached hydrogens (primary N) is 1. The van der Waals surface area contributed by atoms with Crippen LogP contribution in [0.15, 0.2) is 0 Å². The summed E-state index contributed by atoms with van der Waals surface area (Å²) in [6.07, 6.45) is 26.4. The number of carbonyl (C=O) groups is 2. The topological polar surface area (TPSA) is 80.4 Å². The van der Waals surface area contributed by atoms with Gasteiger partial charge >= 0.3 is 0 Å². The van der Waals surface area contributed by atoms with Crippen molar-refractivity contribution < 1.29 is 14.7 Å². The molecule has 0 aromatic rings. The first-order chi connectivity index (χ1) is 16.5. The number of Topliss-reactive ketones (excluding diaryl/α,β-unsaturated/α-hetero) is 2. The van der Waals surface area contributed by atoms with E-state index in [2.05, 4.69) is 13.8 Å². The van der Waals surface area contributed by atoms with E-state index < -0.39 is 12.1 Å². The van der Waals surface area contributed by atoms with Crippen LogP contribution in [0.1, 0.15) is 168 Å². The highest BCUT2D eigenvalue weighted by Gasteiger charge is 2.27. The van der Waals surface area contributed by atoms with E-state index in [1.54, 1.807) is 0 Å². The number of unbranched alkanes of at least 4 members (excludes halogenated alkanes) is 20. The Hall–Kier alpha value is -0.740. The molecule has 3 N–H and O–H groups in total. The smallest absolute Gasteiger partial charge is 0.163 e. The second-order valence-electron chi connectivity index (χ2n) is 10.5. The van der Waals surface area contributed by atoms with E-state index in [4.69, 9.17) is 5.73 Å². The summed E-state index contributed by atoms with van der Waals surface area (Å²) < 4.78 is 0. The highest BCUT2D eigenvalue weighted by atomic mass is 16.3. The molecule has 0 rings (SSSR count). The Morgan fingerprint density at radius 3 is 1.09 bits per heavy atom. The van der Waals surface area contributed by atoms with Gasteiger partial charge in [-0.05, 0) is 12.8 Å². The van der Waals surface area contributed by atoms with Crippen molar-refractivity contribution in [2.75, 3.05) is 0 Å². The molecule has 0 fully saturated rings. The summed E-state index contributed by atoms with van der Waals surface area (Å²) in [7, 11) is 0. The van der Waals surface area contributed by atoms with Crippen molar-refractivity contribution in [3.63, 3.8) is 0 Å². The maximum atomic E-state index is 12.3. The average molecular weight is 482 g/mol. The van der Waals surface area contributed by atoms with E-state index in [0.717, 1.165) is 38.5 Å². The summed E-state index contributed by atoms with van der Waals surface area (Å²) in [5.41, 5.74) is 5.90. The lowest BCUT2D eigenvalue weighted by molar-refractivity contribution is -0.134. The molecule has 0 saturated heterocycles. The maximum Gasteiger partial charge on any atom is 0.163 e. The van der Waals surface area contributed by atoms with Crippen LogP contribution in [-0.4, -0.2) is 28.8 Å². The molecule has 202 valence electrons. The number of aliphatic hydroxyl groups excluding tert-OH is 1. The highest BCUT2D eigenvalue weighted by Crippen LogP contribution is 2.14. The first-order valence-electron chi connectivity index (χ1n) is 15.0. The first kappa shape index (κ1) is 33.3. The Kier molecular flexibility index (Phi) is 24.8. The minimum Gasteiger partial charge on any atom is -0.383 e. The van der Waals surface area contributed by atoms with Crippen molar-refractivity contribution >= 4 is 11.6 Å². The van der Waals surface area contributed by atoms with E-state index >= 15 is 0 Å². The fraction of sp³-hybridized carbons (Fsp3) is 0.933. The van der Waals surface area contributed by atoms with E-state index in [9.17, 15) is 14.7 Å². The third-order valence-corrected chi connectivity index (χ3v) is 7.10. The zero-order valence-electron chi connectivity index (χ0n) is 23.0. The standard InChI is InChI=1S/C30H59NO3/c1-3-5-7-9-11-13-15-17-19-21-23-25-27(32)29(31)30(34)28(33)26-24-22-20-18-16-14-12-10-8-6-4-2/h29-30,34H,3-26,31H2,1-2H3. The number of hydrogen-bond donors (Lipinski definition) is 2. The summed E-state index contributed by atoms with van der Waals surface area (Å²) in [5, 5.41) is 10.2. The average Bonchev–Trinajstić information content (AvgIpc) is 2.84. The zero-order valence-corrected chi connectivity index (χ0v) is 23.0. The zero-order chi connectivity index (χ0) is 25.3. The van der Waals surface area contributed by atoms with Gasteiger partial charge in [-0.1, -0.05) is 142 Å². The van der Waals surface area contributed by atoms with Crippen LogP contribution in [-0.2, 0) is 9.59 Å². The van der Waals surface area contributed by atoms with Gasteiger partial charge in [-0.2, -0.15) is 0 Å². The predicted octanol–water partition coefficient (Wildman–Crippen LogP) is 8.22. The molecular weight excluding hydrogens is 422 g/mol. The SMILES string of the molecule is CCCCCCCCCCCCCC(=O)C(N)C(O)C(=O)CCCCCCCCCCCCC. The number of ketones is 2. The summed E-state index contributed by atoms with van der Waals surface area (Å²) in [5.74, 6) is -0.438. The van der Waals surface area contributed by atoms with Crippen LogP contribution in [0.25, 0.3) is 0 Å². The van der Waals surface area contributed by atoms with Crippen molar-refractivity contribution in [1.82, 2.24) is 0 Å². The van der Waals surface area contributed by atoms with Crippen molar-refractivity contribution in [2.45, 2.75) is 180 Å². The van der Waals surface area contributed by atoms with Crippen LogP contribution in [0.4, 0.5) is 0 Å². The van der Waals surface area contributed by atoms with Crippen molar-refractivity contribution in [3.05, 3.63) is 0 Å². The normalized spacial score (nSPS) is 13.2. The summed E-state index contributed by atoms with van der Waals surface area (Å²) in [6, 6.07) is -1.05. The molecule has 2 atom stereocenters. The van der Waals surface area contributed by atoms with Crippen LogP contribution < -0.4 is 5.73 Å². The van der Waals surface area contributed by atoms with Gasteiger partial charge in [0.2, 0.25) is 0 Å². The third-order valence-electron chi connectivity index (χ3n) is 7.10. The molecule has 0 aromatic heterocycles. The van der Waals surface area contributed by atoms with E-state index in [1.165, 1.54) is 103 Å². The van der Waals surface area contributed by atoms with Gasteiger partial charge in [0.25, 0.3) is 0 Å². The minimum atomic E-state index is -1.33. The van der Waals surface area contributed by atoms with Gasteiger partial charge in [-0.3, -0.25) is 9.59 Å². The predicted molar refractivity (Wildman–Crippen MR) is 146 cm³/mol. The Bertz CT molecular complexity index is 424. The molecule has 0 bridgehead atoms. The largest absolute Gasteiger partial charge is 0.383 e. The van der Waals surface area contributed by atoms with Gasteiger partial charge in [-0.25, -0.2) is 0 Å². The van der Waals surface area contributed by atoms with Gasteiger partial charge in [0.15, 0.2) is 11.6 Å². The van der Waals surface area contributed by atoms with Gasteiger partial charge in [-0.15, -0.1) is 0 Å². The highest BCUT2D eigenvalue weighted by molar-refractivity contribution is 5.93. The monoisotopic (exact) mass is 481 g/mol. The number of rotatable bonds is 27. The molecule has 0 aliphatic carbocycles. The Morgan fingerprint density at radius 2 is 0.765 bits per heavy atom. The molecule has 0 aromatic carbocycles. The van der Waals surface area contributed by atoms with Gasteiger partial charge < -0.3 is 10.8 Å². The molecule has 0 amide bonds. The molecule has 0 heterocycles. The maximum absolute atomic E-state index is 12.3. The van der Waals surface area contributed by atoms with Crippen LogP contribution in [0.2, 0.25) is 0 Å². The molecule has 0 spiro atoms. The summed E-state index contributed by atoms with van der Waals surface area (Å²) in [4.78, 5) is 24.5. The Labute approximate surface area is 212 Å². The molecule has 0 saturated carbocycles. The van der Waals surface area contributed by atoms with Crippen LogP contribution in [0.3, 0.4) is 0 Å². The van der Waals surface area contributed by atoms with Crippen LogP contribution in [0, 0.1) is 0 Å². The molecule has 34 heavy (non-hydrogen) atoms. The molecule has 0 aliphatic rings. The lowest BCUT2D eigenvalue weighted by Gasteiger charge is -2.16. The number of carbonyl (C=O) groups excluding carboxylic acids is 2. The summed E-state index contributed by atoms with van der Waals surface area (Å²) >= 11 is 0.